The largest absolute Gasteiger partial charge is 0.496 e. The summed E-state index contributed by atoms with van der Waals surface area (Å²) in [5.41, 5.74) is 1.58. The van der Waals surface area contributed by atoms with E-state index in [9.17, 15) is 4.79 Å². The fraction of sp³-hybridized carbons (Fsp3) is 0.167. The first kappa shape index (κ1) is 11.6. The third kappa shape index (κ3) is 2.82. The van der Waals surface area contributed by atoms with Crippen LogP contribution < -0.4 is 10.3 Å². The molecule has 5 heteroatoms. The number of aromatic amines is 2. The van der Waals surface area contributed by atoms with Crippen molar-refractivity contribution in [1.82, 2.24) is 9.97 Å². The van der Waals surface area contributed by atoms with E-state index in [2.05, 4.69) is 9.97 Å². The number of hydrogen-bond acceptors (Lipinski definition) is 3. The Morgan fingerprint density at radius 2 is 2.06 bits per heavy atom. The number of benzene rings is 1. The highest BCUT2D eigenvalue weighted by Crippen LogP contribution is 2.19. The molecule has 0 saturated carbocycles. The lowest BCUT2D eigenvalue weighted by molar-refractivity contribution is 0.410. The Morgan fingerprint density at radius 1 is 1.29 bits per heavy atom. The van der Waals surface area contributed by atoms with Gasteiger partial charge in [-0.3, -0.25) is 9.78 Å². The molecule has 0 aliphatic heterocycles. The Morgan fingerprint density at radius 3 is 2.76 bits per heavy atom. The summed E-state index contributed by atoms with van der Waals surface area (Å²) in [6, 6.07) is 9.18. The van der Waals surface area contributed by atoms with E-state index < -0.39 is 0 Å². The van der Waals surface area contributed by atoms with E-state index >= 15 is 0 Å². The van der Waals surface area contributed by atoms with Crippen molar-refractivity contribution in [3.63, 3.8) is 0 Å². The zero-order valence-electron chi connectivity index (χ0n) is 9.32. The molecule has 0 fully saturated rings. The van der Waals surface area contributed by atoms with Crippen molar-refractivity contribution in [3.8, 4) is 5.75 Å². The van der Waals surface area contributed by atoms with Gasteiger partial charge in [0, 0.05) is 18.2 Å². The average Bonchev–Trinajstić information content (AvgIpc) is 2.28. The second-order valence-electron chi connectivity index (χ2n) is 3.60. The van der Waals surface area contributed by atoms with Crippen LogP contribution in [0.3, 0.4) is 0 Å². The lowest BCUT2D eigenvalue weighted by Crippen LogP contribution is -2.09. The van der Waals surface area contributed by atoms with Crippen molar-refractivity contribution in [1.29, 1.82) is 0 Å². The monoisotopic (exact) mass is 248 g/mol. The predicted molar refractivity (Wildman–Crippen MR) is 68.0 cm³/mol. The molecule has 4 nitrogen and oxygen atoms in total. The van der Waals surface area contributed by atoms with Gasteiger partial charge in [-0.15, -0.1) is 0 Å². The molecule has 1 aromatic heterocycles. The fourth-order valence-corrected chi connectivity index (χ4v) is 1.90. The Bertz CT molecular complexity index is 602. The molecule has 0 atom stereocenters. The molecule has 0 unspecified atom stereocenters. The summed E-state index contributed by atoms with van der Waals surface area (Å²) in [4.78, 5) is 16.7. The van der Waals surface area contributed by atoms with Crippen LogP contribution in [-0.4, -0.2) is 17.1 Å². The maximum atomic E-state index is 11.3. The summed E-state index contributed by atoms with van der Waals surface area (Å²) in [5, 5.41) is 0. The van der Waals surface area contributed by atoms with E-state index in [1.54, 1.807) is 7.11 Å². The van der Waals surface area contributed by atoms with Crippen molar-refractivity contribution in [2.75, 3.05) is 7.11 Å². The molecule has 88 valence electrons. The minimum Gasteiger partial charge on any atom is -0.496 e. The predicted octanol–water partition coefficient (Wildman–Crippen LogP) is 2.03. The van der Waals surface area contributed by atoms with Gasteiger partial charge in [0.1, 0.15) is 5.75 Å². The van der Waals surface area contributed by atoms with Gasteiger partial charge in [0.05, 0.1) is 7.11 Å². The number of methoxy groups -OCH3 is 1. The molecule has 0 radical (unpaired) electrons. The van der Waals surface area contributed by atoms with Gasteiger partial charge in [0.2, 0.25) is 0 Å². The molecular weight excluding hydrogens is 236 g/mol. The molecule has 2 N–H and O–H groups in total. The highest BCUT2D eigenvalue weighted by Gasteiger charge is 2.03. The van der Waals surface area contributed by atoms with Crippen molar-refractivity contribution >= 4 is 12.2 Å². The van der Waals surface area contributed by atoms with Gasteiger partial charge in [0.25, 0.3) is 5.56 Å². The van der Waals surface area contributed by atoms with Gasteiger partial charge < -0.3 is 9.72 Å². The first-order valence-electron chi connectivity index (χ1n) is 5.13. The van der Waals surface area contributed by atoms with Crippen LogP contribution in [0.1, 0.15) is 11.3 Å². The fourth-order valence-electron chi connectivity index (χ4n) is 1.67. The number of nitrogens with one attached hydrogen (secondary N) is 2. The minimum absolute atomic E-state index is 0.196. The number of ether oxygens (including phenoxy) is 1. The SMILES string of the molecule is COc1ccccc1Cc1cc(=O)[nH]c(=S)[nH]1. The Kier molecular flexibility index (Phi) is 3.39. The molecular formula is C12H12N2O2S. The molecule has 0 saturated heterocycles. The maximum Gasteiger partial charge on any atom is 0.251 e. The van der Waals surface area contributed by atoms with Gasteiger partial charge in [-0.25, -0.2) is 0 Å². The number of H-pyrrole nitrogens is 2. The summed E-state index contributed by atoms with van der Waals surface area (Å²) in [7, 11) is 1.62. The lowest BCUT2D eigenvalue weighted by Gasteiger charge is -2.07. The number of para-hydroxylation sites is 1. The first-order valence-corrected chi connectivity index (χ1v) is 5.54. The van der Waals surface area contributed by atoms with Crippen LogP contribution in [0, 0.1) is 4.77 Å². The van der Waals surface area contributed by atoms with E-state index in [1.807, 2.05) is 24.3 Å². The van der Waals surface area contributed by atoms with Crippen LogP contribution in [0.2, 0.25) is 0 Å². The summed E-state index contributed by atoms with van der Waals surface area (Å²) in [6.07, 6.45) is 0.581. The number of hydrogen-bond donors (Lipinski definition) is 2. The van der Waals surface area contributed by atoms with Crippen LogP contribution in [-0.2, 0) is 6.42 Å². The molecule has 0 amide bonds. The van der Waals surface area contributed by atoms with Gasteiger partial charge in [-0.1, -0.05) is 18.2 Å². The van der Waals surface area contributed by atoms with Crippen molar-refractivity contribution in [2.24, 2.45) is 0 Å². The first-order chi connectivity index (χ1) is 8.19. The lowest BCUT2D eigenvalue weighted by atomic mass is 10.1. The van der Waals surface area contributed by atoms with E-state index in [4.69, 9.17) is 17.0 Å². The Hall–Kier alpha value is -1.88. The van der Waals surface area contributed by atoms with E-state index in [0.717, 1.165) is 17.0 Å². The van der Waals surface area contributed by atoms with Crippen LogP contribution in [0.15, 0.2) is 35.1 Å². The Balaban J connectivity index is 2.37. The second kappa shape index (κ2) is 4.97. The standard InChI is InChI=1S/C12H12N2O2S/c1-16-10-5-3-2-4-8(10)6-9-7-11(15)14-12(17)13-9/h2-5,7H,6H2,1H3,(H2,13,14,15,17). The van der Waals surface area contributed by atoms with Gasteiger partial charge >= 0.3 is 0 Å². The third-order valence-corrected chi connectivity index (χ3v) is 2.59. The zero-order chi connectivity index (χ0) is 12.3. The molecule has 0 aliphatic rings. The molecule has 0 aliphatic carbocycles. The molecule has 1 aromatic carbocycles. The van der Waals surface area contributed by atoms with Gasteiger partial charge in [-0.05, 0) is 23.8 Å². The van der Waals surface area contributed by atoms with E-state index in [1.165, 1.54) is 6.07 Å². The number of rotatable bonds is 3. The summed E-state index contributed by atoms with van der Waals surface area (Å²) >= 11 is 4.92. The van der Waals surface area contributed by atoms with Crippen molar-refractivity contribution in [3.05, 3.63) is 56.7 Å². The highest BCUT2D eigenvalue weighted by molar-refractivity contribution is 7.71. The normalized spacial score (nSPS) is 10.2. The van der Waals surface area contributed by atoms with E-state index in [0.29, 0.717) is 11.2 Å². The van der Waals surface area contributed by atoms with Crippen molar-refractivity contribution in [2.45, 2.75) is 6.42 Å². The summed E-state index contributed by atoms with van der Waals surface area (Å²) in [5.74, 6) is 0.798. The molecule has 2 aromatic rings. The van der Waals surface area contributed by atoms with Crippen LogP contribution >= 0.6 is 12.2 Å². The summed E-state index contributed by atoms with van der Waals surface area (Å²) < 4.78 is 5.59. The average molecular weight is 248 g/mol. The van der Waals surface area contributed by atoms with Gasteiger partial charge in [0.15, 0.2) is 4.77 Å². The molecule has 0 spiro atoms. The van der Waals surface area contributed by atoms with Crippen LogP contribution in [0.4, 0.5) is 0 Å². The van der Waals surface area contributed by atoms with Crippen molar-refractivity contribution < 1.29 is 4.74 Å². The zero-order valence-corrected chi connectivity index (χ0v) is 10.1. The molecule has 17 heavy (non-hydrogen) atoms. The minimum atomic E-state index is -0.196. The smallest absolute Gasteiger partial charge is 0.251 e. The van der Waals surface area contributed by atoms with Crippen LogP contribution in [0.25, 0.3) is 0 Å². The molecule has 0 bridgehead atoms. The maximum absolute atomic E-state index is 11.3. The molecule has 2 rings (SSSR count). The highest BCUT2D eigenvalue weighted by atomic mass is 32.1. The Labute approximate surface area is 103 Å². The molecule has 1 heterocycles. The topological polar surface area (TPSA) is 57.9 Å². The number of aromatic nitrogens is 2. The van der Waals surface area contributed by atoms with E-state index in [-0.39, 0.29) is 5.56 Å². The third-order valence-electron chi connectivity index (χ3n) is 2.39. The van der Waals surface area contributed by atoms with Crippen LogP contribution in [0.5, 0.6) is 5.75 Å². The summed E-state index contributed by atoms with van der Waals surface area (Å²) in [6.45, 7) is 0. The van der Waals surface area contributed by atoms with Gasteiger partial charge in [-0.2, -0.15) is 0 Å². The quantitative estimate of drug-likeness (QED) is 0.817. The second-order valence-corrected chi connectivity index (χ2v) is 4.01.